The molecular formula is C17H19NO3. The van der Waals surface area contributed by atoms with Crippen LogP contribution in [0.15, 0.2) is 55.1 Å². The van der Waals surface area contributed by atoms with Crippen LogP contribution >= 0.6 is 0 Å². The summed E-state index contributed by atoms with van der Waals surface area (Å²) in [5.74, 6) is 1.65. The molecule has 0 fully saturated rings. The van der Waals surface area contributed by atoms with Crippen molar-refractivity contribution in [1.82, 2.24) is 0 Å². The van der Waals surface area contributed by atoms with Crippen LogP contribution in [0.25, 0.3) is 0 Å². The normalized spacial score (nSPS) is 9.95. The second-order valence-corrected chi connectivity index (χ2v) is 4.49. The predicted octanol–water partition coefficient (Wildman–Crippen LogP) is 3.58. The van der Waals surface area contributed by atoms with E-state index in [0.717, 1.165) is 11.3 Å². The Kier molecular flexibility index (Phi) is 5.10. The Morgan fingerprint density at radius 2 is 1.90 bits per heavy atom. The van der Waals surface area contributed by atoms with Crippen LogP contribution in [0.2, 0.25) is 0 Å². The maximum atomic E-state index is 9.25. The predicted molar refractivity (Wildman–Crippen MR) is 84.1 cm³/mol. The summed E-state index contributed by atoms with van der Waals surface area (Å²) in [6, 6.07) is 12.8. The summed E-state index contributed by atoms with van der Waals surface area (Å²) in [5, 5.41) is 12.5. The second kappa shape index (κ2) is 7.24. The maximum absolute atomic E-state index is 9.25. The molecule has 0 amide bonds. The third-order valence-electron chi connectivity index (χ3n) is 2.95. The molecule has 0 aliphatic carbocycles. The number of methoxy groups -OCH3 is 1. The van der Waals surface area contributed by atoms with Gasteiger partial charge in [0, 0.05) is 12.2 Å². The van der Waals surface area contributed by atoms with E-state index in [1.54, 1.807) is 25.3 Å². The quantitative estimate of drug-likeness (QED) is 0.603. The molecule has 2 rings (SSSR count). The number of benzene rings is 2. The van der Waals surface area contributed by atoms with Crippen LogP contribution in [-0.2, 0) is 6.54 Å². The molecule has 110 valence electrons. The summed E-state index contributed by atoms with van der Waals surface area (Å²) < 4.78 is 10.8. The molecule has 21 heavy (non-hydrogen) atoms. The fourth-order valence-corrected chi connectivity index (χ4v) is 1.87. The zero-order valence-corrected chi connectivity index (χ0v) is 12.0. The van der Waals surface area contributed by atoms with Gasteiger partial charge >= 0.3 is 0 Å². The summed E-state index contributed by atoms with van der Waals surface area (Å²) >= 11 is 0. The lowest BCUT2D eigenvalue weighted by Crippen LogP contribution is -2.01. The highest BCUT2D eigenvalue weighted by Crippen LogP contribution is 2.28. The van der Waals surface area contributed by atoms with E-state index in [4.69, 9.17) is 9.47 Å². The molecule has 0 saturated heterocycles. The van der Waals surface area contributed by atoms with E-state index >= 15 is 0 Å². The van der Waals surface area contributed by atoms with Crippen molar-refractivity contribution >= 4 is 5.69 Å². The molecule has 2 aromatic carbocycles. The minimum absolute atomic E-state index is 0.255. The van der Waals surface area contributed by atoms with Crippen LogP contribution < -0.4 is 14.8 Å². The molecule has 0 heterocycles. The lowest BCUT2D eigenvalue weighted by atomic mass is 10.2. The van der Waals surface area contributed by atoms with Gasteiger partial charge in [-0.05, 0) is 42.0 Å². The summed E-state index contributed by atoms with van der Waals surface area (Å²) in [4.78, 5) is 0. The van der Waals surface area contributed by atoms with Gasteiger partial charge in [-0.2, -0.15) is 0 Å². The van der Waals surface area contributed by atoms with Gasteiger partial charge in [0.15, 0.2) is 11.5 Å². The van der Waals surface area contributed by atoms with Gasteiger partial charge in [0.1, 0.15) is 12.4 Å². The van der Waals surface area contributed by atoms with Gasteiger partial charge in [0.25, 0.3) is 0 Å². The van der Waals surface area contributed by atoms with E-state index in [1.807, 2.05) is 30.3 Å². The molecule has 4 heteroatoms. The largest absolute Gasteiger partial charge is 0.508 e. The van der Waals surface area contributed by atoms with Gasteiger partial charge < -0.3 is 19.9 Å². The SMILES string of the molecule is C=CCOc1ccc(CNc2ccc(O)cc2)cc1OC. The Bertz CT molecular complexity index is 593. The van der Waals surface area contributed by atoms with E-state index < -0.39 is 0 Å². The van der Waals surface area contributed by atoms with Gasteiger partial charge in [-0.15, -0.1) is 0 Å². The van der Waals surface area contributed by atoms with Crippen LogP contribution in [0.1, 0.15) is 5.56 Å². The summed E-state index contributed by atoms with van der Waals surface area (Å²) in [6.45, 7) is 4.73. The molecule has 0 bridgehead atoms. The number of hydrogen-bond donors (Lipinski definition) is 2. The Morgan fingerprint density at radius 3 is 2.57 bits per heavy atom. The van der Waals surface area contributed by atoms with E-state index in [9.17, 15) is 5.11 Å². The maximum Gasteiger partial charge on any atom is 0.161 e. The summed E-state index contributed by atoms with van der Waals surface area (Å²) in [6.07, 6.45) is 1.69. The lowest BCUT2D eigenvalue weighted by molar-refractivity contribution is 0.326. The highest BCUT2D eigenvalue weighted by Gasteiger charge is 2.05. The Labute approximate surface area is 124 Å². The Balaban J connectivity index is 2.03. The first-order valence-corrected chi connectivity index (χ1v) is 6.66. The highest BCUT2D eigenvalue weighted by atomic mass is 16.5. The number of anilines is 1. The number of nitrogens with one attached hydrogen (secondary N) is 1. The van der Waals surface area contributed by atoms with Crippen molar-refractivity contribution < 1.29 is 14.6 Å². The third-order valence-corrected chi connectivity index (χ3v) is 2.95. The van der Waals surface area contributed by atoms with Crippen molar-refractivity contribution in [2.75, 3.05) is 19.0 Å². The topological polar surface area (TPSA) is 50.7 Å². The zero-order valence-electron chi connectivity index (χ0n) is 12.0. The zero-order chi connectivity index (χ0) is 15.1. The minimum Gasteiger partial charge on any atom is -0.508 e. The Morgan fingerprint density at radius 1 is 1.14 bits per heavy atom. The van der Waals surface area contributed by atoms with Crippen molar-refractivity contribution in [3.63, 3.8) is 0 Å². The summed E-state index contributed by atoms with van der Waals surface area (Å²) in [7, 11) is 1.62. The van der Waals surface area contributed by atoms with Gasteiger partial charge in [-0.1, -0.05) is 18.7 Å². The standard InChI is InChI=1S/C17H19NO3/c1-3-10-21-16-9-4-13(11-17(16)20-2)12-18-14-5-7-15(19)8-6-14/h3-9,11,18-19H,1,10,12H2,2H3. The molecule has 0 spiro atoms. The third kappa shape index (κ3) is 4.18. The van der Waals surface area contributed by atoms with Crippen LogP contribution in [0.4, 0.5) is 5.69 Å². The molecule has 4 nitrogen and oxygen atoms in total. The first-order chi connectivity index (χ1) is 10.2. The second-order valence-electron chi connectivity index (χ2n) is 4.49. The van der Waals surface area contributed by atoms with E-state index in [2.05, 4.69) is 11.9 Å². The number of phenols is 1. The molecule has 2 aromatic rings. The van der Waals surface area contributed by atoms with Crippen molar-refractivity contribution in [1.29, 1.82) is 0 Å². The molecule has 0 aliphatic heterocycles. The van der Waals surface area contributed by atoms with Crippen molar-refractivity contribution in [2.24, 2.45) is 0 Å². The van der Waals surface area contributed by atoms with E-state index in [-0.39, 0.29) is 5.75 Å². The fraction of sp³-hybridized carbons (Fsp3) is 0.176. The summed E-state index contributed by atoms with van der Waals surface area (Å²) in [5.41, 5.74) is 2.02. The average molecular weight is 285 g/mol. The molecule has 0 aromatic heterocycles. The first-order valence-electron chi connectivity index (χ1n) is 6.66. The molecule has 0 unspecified atom stereocenters. The number of aromatic hydroxyl groups is 1. The number of rotatable bonds is 7. The van der Waals surface area contributed by atoms with Crippen molar-refractivity contribution in [3.8, 4) is 17.2 Å². The van der Waals surface area contributed by atoms with Gasteiger partial charge in [-0.3, -0.25) is 0 Å². The first kappa shape index (κ1) is 14.8. The lowest BCUT2D eigenvalue weighted by Gasteiger charge is -2.12. The molecule has 0 atom stereocenters. The molecule has 0 radical (unpaired) electrons. The Hall–Kier alpha value is -2.62. The van der Waals surface area contributed by atoms with Crippen LogP contribution in [0, 0.1) is 0 Å². The number of phenolic OH excluding ortho intramolecular Hbond substituents is 1. The molecule has 0 saturated carbocycles. The van der Waals surface area contributed by atoms with Gasteiger partial charge in [0.2, 0.25) is 0 Å². The van der Waals surface area contributed by atoms with Crippen LogP contribution in [0.5, 0.6) is 17.2 Å². The van der Waals surface area contributed by atoms with E-state index in [1.165, 1.54) is 0 Å². The smallest absolute Gasteiger partial charge is 0.161 e. The average Bonchev–Trinajstić information content (AvgIpc) is 2.52. The van der Waals surface area contributed by atoms with Gasteiger partial charge in [-0.25, -0.2) is 0 Å². The highest BCUT2D eigenvalue weighted by molar-refractivity contribution is 5.48. The minimum atomic E-state index is 0.255. The van der Waals surface area contributed by atoms with E-state index in [0.29, 0.717) is 24.7 Å². The van der Waals surface area contributed by atoms with Crippen LogP contribution in [-0.4, -0.2) is 18.8 Å². The van der Waals surface area contributed by atoms with Crippen molar-refractivity contribution in [3.05, 3.63) is 60.7 Å². The van der Waals surface area contributed by atoms with Crippen LogP contribution in [0.3, 0.4) is 0 Å². The molecule has 0 aliphatic rings. The van der Waals surface area contributed by atoms with Crippen molar-refractivity contribution in [2.45, 2.75) is 6.54 Å². The molecular weight excluding hydrogens is 266 g/mol. The number of ether oxygens (including phenoxy) is 2. The molecule has 2 N–H and O–H groups in total. The van der Waals surface area contributed by atoms with Gasteiger partial charge in [0.05, 0.1) is 7.11 Å². The number of hydrogen-bond acceptors (Lipinski definition) is 4. The monoisotopic (exact) mass is 285 g/mol. The fourth-order valence-electron chi connectivity index (χ4n) is 1.87.